The third-order valence-electron chi connectivity index (χ3n) is 1.72. The Labute approximate surface area is 73.2 Å². The van der Waals surface area contributed by atoms with Crippen LogP contribution in [0.1, 0.15) is 26.7 Å². The van der Waals surface area contributed by atoms with E-state index in [-0.39, 0.29) is 6.04 Å². The molecule has 0 fully saturated rings. The van der Waals surface area contributed by atoms with Crippen molar-refractivity contribution >= 4 is 5.97 Å². The summed E-state index contributed by atoms with van der Waals surface area (Å²) >= 11 is 0. The van der Waals surface area contributed by atoms with Crippen LogP contribution in [0.3, 0.4) is 0 Å². The molecule has 0 aliphatic carbocycles. The third kappa shape index (κ3) is 3.40. The lowest BCUT2D eigenvalue weighted by Crippen LogP contribution is -2.42. The molecular formula is C9H15NO2. The predicted octanol–water partition coefficient (Wildman–Crippen LogP) is 0.851. The highest BCUT2D eigenvalue weighted by Crippen LogP contribution is 1.96. The van der Waals surface area contributed by atoms with Crippen LogP contribution in [0.5, 0.6) is 0 Å². The van der Waals surface area contributed by atoms with Gasteiger partial charge in [-0.2, -0.15) is 0 Å². The van der Waals surface area contributed by atoms with E-state index in [4.69, 9.17) is 11.5 Å². The molecule has 0 aromatic heterocycles. The van der Waals surface area contributed by atoms with E-state index in [1.807, 2.05) is 13.8 Å². The Hall–Kier alpha value is -1.01. The third-order valence-corrected chi connectivity index (χ3v) is 1.72. The van der Waals surface area contributed by atoms with Gasteiger partial charge in [0.15, 0.2) is 0 Å². The molecule has 0 aromatic rings. The second-order valence-corrected chi connectivity index (χ2v) is 2.59. The van der Waals surface area contributed by atoms with Crippen LogP contribution in [-0.2, 0) is 4.79 Å². The predicted molar refractivity (Wildman–Crippen MR) is 47.8 cm³/mol. The Morgan fingerprint density at radius 1 is 1.58 bits per heavy atom. The largest absolute Gasteiger partial charge is 0.480 e. The van der Waals surface area contributed by atoms with Crippen LogP contribution in [0.4, 0.5) is 0 Å². The first kappa shape index (κ1) is 11.0. The minimum Gasteiger partial charge on any atom is -0.480 e. The van der Waals surface area contributed by atoms with Crippen molar-refractivity contribution in [3.05, 3.63) is 0 Å². The number of hydrogen-bond donors (Lipinski definition) is 2. The van der Waals surface area contributed by atoms with Gasteiger partial charge in [-0.1, -0.05) is 19.8 Å². The average molecular weight is 169 g/mol. The molecule has 0 bridgehead atoms. The Balaban J connectivity index is 4.02. The summed E-state index contributed by atoms with van der Waals surface area (Å²) in [6.45, 7) is 3.74. The second-order valence-electron chi connectivity index (χ2n) is 2.59. The van der Waals surface area contributed by atoms with Crippen molar-refractivity contribution in [1.29, 1.82) is 0 Å². The van der Waals surface area contributed by atoms with Crippen LogP contribution >= 0.6 is 0 Å². The van der Waals surface area contributed by atoms with Gasteiger partial charge >= 0.3 is 5.97 Å². The smallest absolute Gasteiger partial charge is 0.320 e. The van der Waals surface area contributed by atoms with Crippen LogP contribution in [0, 0.1) is 12.3 Å². The van der Waals surface area contributed by atoms with E-state index in [1.165, 1.54) is 0 Å². The molecule has 12 heavy (non-hydrogen) atoms. The van der Waals surface area contributed by atoms with Crippen molar-refractivity contribution in [3.63, 3.8) is 0 Å². The molecule has 2 N–H and O–H groups in total. The molecule has 0 saturated heterocycles. The van der Waals surface area contributed by atoms with Crippen molar-refractivity contribution in [2.75, 3.05) is 0 Å². The lowest BCUT2D eigenvalue weighted by atomic mass is 10.1. The summed E-state index contributed by atoms with van der Waals surface area (Å²) in [7, 11) is 0. The van der Waals surface area contributed by atoms with E-state index in [0.29, 0.717) is 6.42 Å². The van der Waals surface area contributed by atoms with E-state index in [2.05, 4.69) is 11.2 Å². The fourth-order valence-corrected chi connectivity index (χ4v) is 0.890. The number of aliphatic carboxylic acids is 1. The lowest BCUT2D eigenvalue weighted by Gasteiger charge is -2.16. The van der Waals surface area contributed by atoms with Crippen molar-refractivity contribution in [2.24, 2.45) is 0 Å². The zero-order valence-corrected chi connectivity index (χ0v) is 7.50. The molecule has 0 radical (unpaired) electrons. The van der Waals surface area contributed by atoms with Crippen LogP contribution in [-0.4, -0.2) is 23.2 Å². The van der Waals surface area contributed by atoms with Crippen LogP contribution in [0.2, 0.25) is 0 Å². The number of rotatable bonds is 5. The molecule has 0 heterocycles. The van der Waals surface area contributed by atoms with Crippen LogP contribution < -0.4 is 5.32 Å². The number of nitrogens with one attached hydrogen (secondary N) is 1. The first-order valence-electron chi connectivity index (χ1n) is 4.10. The Kier molecular flexibility index (Phi) is 5.14. The van der Waals surface area contributed by atoms with Crippen molar-refractivity contribution in [3.8, 4) is 12.3 Å². The lowest BCUT2D eigenvalue weighted by molar-refractivity contribution is -0.139. The number of carboxylic acids is 1. The van der Waals surface area contributed by atoms with Gasteiger partial charge in [0, 0.05) is 0 Å². The first-order valence-corrected chi connectivity index (χ1v) is 4.10. The summed E-state index contributed by atoms with van der Waals surface area (Å²) in [5.41, 5.74) is 0. The maximum atomic E-state index is 10.6. The number of hydrogen-bond acceptors (Lipinski definition) is 2. The van der Waals surface area contributed by atoms with Gasteiger partial charge in [-0.05, 0) is 12.8 Å². The van der Waals surface area contributed by atoms with Crippen molar-refractivity contribution in [2.45, 2.75) is 38.8 Å². The van der Waals surface area contributed by atoms with Crippen LogP contribution in [0.15, 0.2) is 0 Å². The van der Waals surface area contributed by atoms with Crippen molar-refractivity contribution < 1.29 is 9.90 Å². The van der Waals surface area contributed by atoms with E-state index in [0.717, 1.165) is 6.42 Å². The van der Waals surface area contributed by atoms with Gasteiger partial charge in [0.2, 0.25) is 0 Å². The molecule has 0 rings (SSSR count). The molecule has 0 aliphatic heterocycles. The molecule has 0 saturated carbocycles. The Morgan fingerprint density at radius 2 is 2.17 bits per heavy atom. The molecule has 2 atom stereocenters. The highest BCUT2D eigenvalue weighted by molar-refractivity contribution is 5.73. The minimum atomic E-state index is -0.841. The minimum absolute atomic E-state index is 0.133. The van der Waals surface area contributed by atoms with Gasteiger partial charge in [0.1, 0.15) is 6.04 Å². The van der Waals surface area contributed by atoms with E-state index in [9.17, 15) is 4.79 Å². The summed E-state index contributed by atoms with van der Waals surface area (Å²) in [5, 5.41) is 11.5. The summed E-state index contributed by atoms with van der Waals surface area (Å²) in [5.74, 6) is 1.66. The fraction of sp³-hybridized carbons (Fsp3) is 0.667. The monoisotopic (exact) mass is 169 g/mol. The Morgan fingerprint density at radius 3 is 2.42 bits per heavy atom. The summed E-state index contributed by atoms with van der Waals surface area (Å²) in [4.78, 5) is 10.6. The van der Waals surface area contributed by atoms with E-state index < -0.39 is 12.0 Å². The normalized spacial score (nSPS) is 14.8. The summed E-state index contributed by atoms with van der Waals surface area (Å²) in [6, 6.07) is -0.656. The maximum absolute atomic E-state index is 10.6. The quantitative estimate of drug-likeness (QED) is 0.600. The Bertz CT molecular complexity index is 183. The highest BCUT2D eigenvalue weighted by Gasteiger charge is 2.16. The summed E-state index contributed by atoms with van der Waals surface area (Å²) < 4.78 is 0. The highest BCUT2D eigenvalue weighted by atomic mass is 16.4. The maximum Gasteiger partial charge on any atom is 0.320 e. The molecule has 3 nitrogen and oxygen atoms in total. The topological polar surface area (TPSA) is 49.3 Å². The molecule has 2 unspecified atom stereocenters. The SMILES string of the molecule is C#CC(CC)NC(CC)C(=O)O. The molecule has 0 aliphatic rings. The molecule has 0 amide bonds. The molecule has 0 spiro atoms. The van der Waals surface area contributed by atoms with E-state index >= 15 is 0 Å². The first-order chi connectivity index (χ1) is 5.65. The van der Waals surface area contributed by atoms with Gasteiger partial charge in [0.05, 0.1) is 6.04 Å². The average Bonchev–Trinajstić information content (AvgIpc) is 2.06. The van der Waals surface area contributed by atoms with Gasteiger partial charge in [-0.15, -0.1) is 6.42 Å². The molecule has 0 aromatic carbocycles. The zero-order chi connectivity index (χ0) is 9.56. The summed E-state index contributed by atoms with van der Waals surface area (Å²) in [6.07, 6.45) is 6.48. The second kappa shape index (κ2) is 5.62. The van der Waals surface area contributed by atoms with Crippen molar-refractivity contribution in [1.82, 2.24) is 5.32 Å². The van der Waals surface area contributed by atoms with Gasteiger partial charge in [-0.3, -0.25) is 10.1 Å². The fourth-order valence-electron chi connectivity index (χ4n) is 0.890. The molecule has 68 valence electrons. The van der Waals surface area contributed by atoms with Crippen LogP contribution in [0.25, 0.3) is 0 Å². The number of carbonyl (C=O) groups is 1. The van der Waals surface area contributed by atoms with E-state index in [1.54, 1.807) is 0 Å². The van der Waals surface area contributed by atoms with Gasteiger partial charge < -0.3 is 5.11 Å². The number of terminal acetylenes is 1. The standard InChI is InChI=1S/C9H15NO2/c1-4-7(5-2)10-8(6-3)9(11)12/h1,7-8,10H,5-6H2,2-3H3,(H,11,12). The number of carboxylic acid groups (broad SMARTS) is 1. The molecular weight excluding hydrogens is 154 g/mol. The molecule has 3 heteroatoms. The van der Waals surface area contributed by atoms with Gasteiger partial charge in [-0.25, -0.2) is 0 Å². The van der Waals surface area contributed by atoms with Gasteiger partial charge in [0.25, 0.3) is 0 Å². The zero-order valence-electron chi connectivity index (χ0n) is 7.50.